The van der Waals surface area contributed by atoms with E-state index in [4.69, 9.17) is 47.7 Å². The van der Waals surface area contributed by atoms with Gasteiger partial charge in [-0.15, -0.1) is 0 Å². The fourth-order valence-electron chi connectivity index (χ4n) is 7.48. The molecule has 0 aliphatic heterocycles. The summed E-state index contributed by atoms with van der Waals surface area (Å²) in [4.78, 5) is 60.3. The summed E-state index contributed by atoms with van der Waals surface area (Å²) < 4.78 is 179. The first-order chi connectivity index (χ1) is 42.1. The van der Waals surface area contributed by atoms with Gasteiger partial charge < -0.3 is 68.8 Å². The third-order valence-corrected chi connectivity index (χ3v) is 11.8. The number of benzene rings is 2. The first-order valence-corrected chi connectivity index (χ1v) is 34.6. The van der Waals surface area contributed by atoms with Gasteiger partial charge >= 0.3 is 144 Å². The van der Waals surface area contributed by atoms with Crippen molar-refractivity contribution in [3.8, 4) is 11.5 Å². The van der Waals surface area contributed by atoms with Crippen LogP contribution < -0.4 is 29.8 Å². The summed E-state index contributed by atoms with van der Waals surface area (Å²) in [5.41, 5.74) is 6.85. The van der Waals surface area contributed by atoms with E-state index in [0.29, 0.717) is 105 Å². The SMILES string of the molecule is COCCN(Cc1ccccn1)Cc1cc(Br)cc(CN(CCOC)Cc2ccccn2)c1[O-].COCCN(Cc1ccccn1)Cc1cc(Br)cc(CN(CCOC)Cc2ccccn2)c1[O-].F[P-](F)(F)(F)(F)F.F[P-](F)(F)(F)(F)F.O=P([O-])([O-])F.O=P([O-])([O-])F.[OH3+].[OH3+].[Zn+2].[Zn+2].[Zn+2].[Zn+2]. The molecule has 0 spiro atoms. The van der Waals surface area contributed by atoms with E-state index >= 15 is 0 Å². The van der Waals surface area contributed by atoms with Gasteiger partial charge in [0.05, 0.1) is 49.2 Å². The Hall–Kier alpha value is -2.13. The van der Waals surface area contributed by atoms with Crippen molar-refractivity contribution in [2.75, 3.05) is 81.0 Å². The normalized spacial score (nSPS) is 12.4. The van der Waals surface area contributed by atoms with Gasteiger partial charge in [0.1, 0.15) is 15.8 Å². The molecule has 98 heavy (non-hydrogen) atoms. The van der Waals surface area contributed by atoms with Gasteiger partial charge in [-0.1, -0.05) is 67.6 Å². The maximum Gasteiger partial charge on any atom is 2.00 e. The van der Waals surface area contributed by atoms with Crippen LogP contribution in [0.1, 0.15) is 45.0 Å². The minimum Gasteiger partial charge on any atom is -0.786 e. The minimum atomic E-state index is -10.7. The second-order valence-electron chi connectivity index (χ2n) is 19.0. The Kier molecular flexibility index (Phi) is 52.4. The van der Waals surface area contributed by atoms with Crippen LogP contribution in [-0.2, 0) is 169 Å². The molecule has 6 aromatic rings. The van der Waals surface area contributed by atoms with Gasteiger partial charge in [-0.2, -0.15) is 0 Å². The summed E-state index contributed by atoms with van der Waals surface area (Å²) >= 11 is 7.23. The molecule has 6 rings (SSSR count). The van der Waals surface area contributed by atoms with E-state index < -0.39 is 31.4 Å². The summed E-state index contributed by atoms with van der Waals surface area (Å²) in [6.45, 7) is 9.78. The van der Waals surface area contributed by atoms with E-state index in [1.807, 2.05) is 97.1 Å². The quantitative estimate of drug-likeness (QED) is 0.0191. The third-order valence-electron chi connectivity index (χ3n) is 10.9. The molecule has 0 atom stereocenters. The molecule has 0 saturated carbocycles. The minimum absolute atomic E-state index is 0. The predicted molar refractivity (Wildman–Crippen MR) is 322 cm³/mol. The van der Waals surface area contributed by atoms with Gasteiger partial charge in [-0.05, 0) is 95.1 Å². The Bertz CT molecular complexity index is 2810. The molecular weight excluding hydrogens is 1770 g/mol. The molecule has 0 fully saturated rings. The molecule has 4 heterocycles. The summed E-state index contributed by atoms with van der Waals surface area (Å²) in [7, 11) is -25.8. The fraction of sp³-hybridized carbons (Fsp3) is 0.385. The first-order valence-electron chi connectivity index (χ1n) is 26.1. The zero-order chi connectivity index (χ0) is 70.2. The molecule has 0 bridgehead atoms. The Labute approximate surface area is 624 Å². The molecule has 0 unspecified atom stereocenters. The summed E-state index contributed by atoms with van der Waals surface area (Å²) in [6, 6.07) is 31.2. The summed E-state index contributed by atoms with van der Waals surface area (Å²) in [6.07, 6.45) is 7.15. The van der Waals surface area contributed by atoms with Gasteiger partial charge in [-0.3, -0.25) is 39.5 Å². The Morgan fingerprint density at radius 3 is 0.684 bits per heavy atom. The van der Waals surface area contributed by atoms with Gasteiger partial charge in [0.15, 0.2) is 0 Å². The molecule has 46 heteroatoms. The second kappa shape index (κ2) is 48.1. The maximum absolute atomic E-state index is 13.5. The summed E-state index contributed by atoms with van der Waals surface area (Å²) in [5, 5.41) is 27.0. The van der Waals surface area contributed by atoms with Crippen LogP contribution in [0.5, 0.6) is 11.5 Å². The van der Waals surface area contributed by atoms with Crippen molar-refractivity contribution in [3.63, 3.8) is 0 Å². The number of hydrogen-bond acceptors (Lipinski definition) is 20. The molecule has 0 saturated heterocycles. The number of aromatic nitrogens is 4. The predicted octanol–water partition coefficient (Wildman–Crippen LogP) is 9.70. The Morgan fingerprint density at radius 1 is 0.388 bits per heavy atom. The fourth-order valence-corrected chi connectivity index (χ4v) is 8.58. The van der Waals surface area contributed by atoms with Gasteiger partial charge in [0.2, 0.25) is 0 Å². The van der Waals surface area contributed by atoms with Crippen molar-refractivity contribution in [1.29, 1.82) is 0 Å². The molecule has 0 aliphatic rings. The molecule has 0 radical (unpaired) electrons. The smallest absolute Gasteiger partial charge is 0.786 e. The number of hydrogen-bond donors (Lipinski definition) is 0. The zero-order valence-corrected chi connectivity index (χ0v) is 71.8. The van der Waals surface area contributed by atoms with Crippen LogP contribution in [0.2, 0.25) is 0 Å². The number of pyridine rings is 4. The van der Waals surface area contributed by atoms with Crippen LogP contribution in [0.4, 0.5) is 58.8 Å². The molecular formula is C52H70Br2F14N8O14P4Zn4+2. The molecule has 540 valence electrons. The standard InChI is InChI=1S/2C26H33BrN4O3.2F6P.2FH2O3P.2H2O.4Zn/c2*1-33-13-11-30(19-24-7-3-5-9-28-24)17-21-15-23(27)16-22(26(21)32)18-31(12-14-34-2)20-25-8-4-6-10-29-25;2*1-7(2,3,4,5)6;2*1-5(2,3)4;;;;;;/h2*3-10,15-16,32H,11-14,17-20H2,1-2H3;;;2*(H2,2,3,4);2*1H2;;;;/q;;2*-1;;;;;4*+2/p-4. The van der Waals surface area contributed by atoms with E-state index in [0.717, 1.165) is 54.0 Å². The second-order valence-corrected chi connectivity index (χ2v) is 26.4. The molecule has 0 aliphatic carbocycles. The number of ether oxygens (including phenoxy) is 4. The van der Waals surface area contributed by atoms with Crippen LogP contribution in [0.15, 0.2) is 131 Å². The molecule has 6 N–H and O–H groups in total. The third kappa shape index (κ3) is 67.1. The van der Waals surface area contributed by atoms with E-state index in [2.05, 4.69) is 71.4 Å². The topological polar surface area (TPSA) is 340 Å². The molecule has 0 amide bonds. The van der Waals surface area contributed by atoms with Crippen LogP contribution in [0, 0.1) is 0 Å². The van der Waals surface area contributed by atoms with E-state index in [1.54, 1.807) is 53.2 Å². The van der Waals surface area contributed by atoms with Gasteiger partial charge in [0, 0.05) is 141 Å². The van der Waals surface area contributed by atoms with Crippen LogP contribution >= 0.6 is 63.3 Å². The van der Waals surface area contributed by atoms with Gasteiger partial charge in [0.25, 0.3) is 0 Å². The maximum atomic E-state index is 13.5. The van der Waals surface area contributed by atoms with Crippen molar-refractivity contribution < 1.29 is 205 Å². The van der Waals surface area contributed by atoms with Crippen LogP contribution in [0.3, 0.4) is 0 Å². The number of rotatable bonds is 28. The monoisotopic (exact) mass is 1830 g/mol. The molecule has 2 aromatic carbocycles. The van der Waals surface area contributed by atoms with Crippen LogP contribution in [-0.4, -0.2) is 121 Å². The number of nitrogens with zero attached hydrogens (tertiary/aromatic N) is 8. The van der Waals surface area contributed by atoms with Crippen LogP contribution in [0.25, 0.3) is 0 Å². The van der Waals surface area contributed by atoms with Crippen molar-refractivity contribution in [2.45, 2.75) is 52.4 Å². The number of halogens is 16. The Morgan fingerprint density at radius 2 is 0.551 bits per heavy atom. The van der Waals surface area contributed by atoms with Crippen molar-refractivity contribution >= 4 is 63.3 Å². The van der Waals surface area contributed by atoms with E-state index in [-0.39, 0.29) is 100 Å². The average Bonchev–Trinajstić information content (AvgIpc) is 0.803. The zero-order valence-electron chi connectivity index (χ0n) is 53.2. The van der Waals surface area contributed by atoms with E-state index in [1.165, 1.54) is 0 Å². The van der Waals surface area contributed by atoms with E-state index in [9.17, 15) is 69.0 Å². The van der Waals surface area contributed by atoms with Crippen molar-refractivity contribution in [1.82, 2.24) is 39.5 Å². The largest absolute Gasteiger partial charge is 2.00 e. The molecule has 22 nitrogen and oxygen atoms in total. The summed E-state index contributed by atoms with van der Waals surface area (Å²) in [5.74, 6) is 0.130. The average molecular weight is 1840 g/mol. The number of methoxy groups -OCH3 is 4. The Balaban J connectivity index is -0.000000309. The van der Waals surface area contributed by atoms with Gasteiger partial charge in [-0.25, -0.2) is 8.39 Å². The first kappa shape index (κ1) is 107. The molecule has 4 aromatic heterocycles. The van der Waals surface area contributed by atoms with Crippen molar-refractivity contribution in [3.05, 3.63) is 176 Å². The van der Waals surface area contributed by atoms with Crippen molar-refractivity contribution in [2.24, 2.45) is 0 Å².